The second-order valence-corrected chi connectivity index (χ2v) is 3.92. The Morgan fingerprint density at radius 3 is 2.56 bits per heavy atom. The van der Waals surface area contributed by atoms with Crippen molar-refractivity contribution in [2.75, 3.05) is 0 Å². The molecule has 1 aromatic carbocycles. The first kappa shape index (κ1) is 12.3. The lowest BCUT2D eigenvalue weighted by Crippen LogP contribution is -2.32. The Labute approximate surface area is 103 Å². The molecule has 0 amide bonds. The summed E-state index contributed by atoms with van der Waals surface area (Å²) < 4.78 is 18.2. The highest BCUT2D eigenvalue weighted by Gasteiger charge is 2.15. The van der Waals surface area contributed by atoms with Gasteiger partial charge in [-0.25, -0.2) is 4.39 Å². The van der Waals surface area contributed by atoms with Gasteiger partial charge in [0.25, 0.3) is 0 Å². The van der Waals surface area contributed by atoms with Gasteiger partial charge in [0, 0.05) is 12.0 Å². The van der Waals surface area contributed by atoms with Crippen LogP contribution in [0.5, 0.6) is 0 Å². The van der Waals surface area contributed by atoms with Gasteiger partial charge in [-0.05, 0) is 36.4 Å². The zero-order valence-electron chi connectivity index (χ0n) is 9.47. The van der Waals surface area contributed by atoms with E-state index in [1.165, 1.54) is 12.1 Å². The average Bonchev–Trinajstić information content (AvgIpc) is 2.78. The normalized spacial score (nSPS) is 12.3. The van der Waals surface area contributed by atoms with Gasteiger partial charge in [-0.1, -0.05) is 0 Å². The van der Waals surface area contributed by atoms with Crippen LogP contribution in [0.25, 0.3) is 11.3 Å². The van der Waals surface area contributed by atoms with E-state index >= 15 is 0 Å². The molecule has 0 saturated heterocycles. The number of carbonyl (C=O) groups is 1. The van der Waals surface area contributed by atoms with Crippen LogP contribution in [-0.4, -0.2) is 17.1 Å². The van der Waals surface area contributed by atoms with Gasteiger partial charge in [-0.15, -0.1) is 0 Å². The molecule has 0 aliphatic heterocycles. The van der Waals surface area contributed by atoms with Crippen LogP contribution in [0.4, 0.5) is 4.39 Å². The van der Waals surface area contributed by atoms with Crippen molar-refractivity contribution in [3.05, 3.63) is 48.0 Å². The Bertz CT molecular complexity index is 548. The van der Waals surface area contributed by atoms with Crippen LogP contribution in [-0.2, 0) is 11.2 Å². The number of halogens is 1. The number of furan rings is 1. The van der Waals surface area contributed by atoms with Crippen molar-refractivity contribution in [2.24, 2.45) is 5.73 Å². The number of aliphatic carboxylic acids is 1. The zero-order valence-corrected chi connectivity index (χ0v) is 9.47. The van der Waals surface area contributed by atoms with Gasteiger partial charge >= 0.3 is 5.97 Å². The average molecular weight is 249 g/mol. The smallest absolute Gasteiger partial charge is 0.320 e. The van der Waals surface area contributed by atoms with E-state index in [0.29, 0.717) is 11.5 Å². The van der Waals surface area contributed by atoms with Crippen LogP contribution >= 0.6 is 0 Å². The van der Waals surface area contributed by atoms with Gasteiger partial charge in [0.15, 0.2) is 0 Å². The second kappa shape index (κ2) is 5.01. The molecule has 1 heterocycles. The SMILES string of the molecule is NC(Cc1ccc(-c2ccc(F)cc2)o1)C(=O)O. The van der Waals surface area contributed by atoms with Crippen molar-refractivity contribution in [1.29, 1.82) is 0 Å². The van der Waals surface area contributed by atoms with Gasteiger partial charge in [0.05, 0.1) is 0 Å². The minimum Gasteiger partial charge on any atom is -0.480 e. The third kappa shape index (κ3) is 2.75. The molecule has 1 atom stereocenters. The molecule has 0 fully saturated rings. The number of hydrogen-bond acceptors (Lipinski definition) is 3. The lowest BCUT2D eigenvalue weighted by Gasteiger charge is -2.02. The maximum Gasteiger partial charge on any atom is 0.320 e. The van der Waals surface area contributed by atoms with Crippen LogP contribution in [0.2, 0.25) is 0 Å². The van der Waals surface area contributed by atoms with E-state index < -0.39 is 12.0 Å². The second-order valence-electron chi connectivity index (χ2n) is 3.92. The minimum atomic E-state index is -1.07. The summed E-state index contributed by atoms with van der Waals surface area (Å²) >= 11 is 0. The predicted molar refractivity (Wildman–Crippen MR) is 63.4 cm³/mol. The Hall–Kier alpha value is -2.14. The van der Waals surface area contributed by atoms with E-state index in [0.717, 1.165) is 5.56 Å². The molecule has 3 N–H and O–H groups in total. The molecule has 0 radical (unpaired) electrons. The molecule has 1 unspecified atom stereocenters. The van der Waals surface area contributed by atoms with Gasteiger partial charge in [-0.3, -0.25) is 4.79 Å². The first-order chi connectivity index (χ1) is 8.56. The summed E-state index contributed by atoms with van der Waals surface area (Å²) in [5, 5.41) is 8.69. The molecular weight excluding hydrogens is 237 g/mol. The van der Waals surface area contributed by atoms with Crippen molar-refractivity contribution in [3.63, 3.8) is 0 Å². The van der Waals surface area contributed by atoms with Crippen LogP contribution in [0, 0.1) is 5.82 Å². The molecule has 0 saturated carbocycles. The molecule has 4 nitrogen and oxygen atoms in total. The highest BCUT2D eigenvalue weighted by Crippen LogP contribution is 2.22. The van der Waals surface area contributed by atoms with Crippen molar-refractivity contribution < 1.29 is 18.7 Å². The minimum absolute atomic E-state index is 0.122. The summed E-state index contributed by atoms with van der Waals surface area (Å²) in [5.74, 6) is -0.347. The fraction of sp³-hybridized carbons (Fsp3) is 0.154. The molecule has 5 heteroatoms. The topological polar surface area (TPSA) is 76.5 Å². The predicted octanol–water partition coefficient (Wildman–Crippen LogP) is 2.04. The molecule has 0 aliphatic carbocycles. The van der Waals surface area contributed by atoms with E-state index in [1.807, 2.05) is 0 Å². The molecule has 18 heavy (non-hydrogen) atoms. The fourth-order valence-electron chi connectivity index (χ4n) is 1.56. The number of nitrogens with two attached hydrogens (primary N) is 1. The summed E-state index contributed by atoms with van der Waals surface area (Å²) in [7, 11) is 0. The monoisotopic (exact) mass is 249 g/mol. The summed E-state index contributed by atoms with van der Waals surface area (Å²) in [4.78, 5) is 10.6. The third-order valence-electron chi connectivity index (χ3n) is 2.53. The van der Waals surface area contributed by atoms with E-state index in [2.05, 4.69) is 0 Å². The van der Waals surface area contributed by atoms with Crippen LogP contribution in [0.1, 0.15) is 5.76 Å². The van der Waals surface area contributed by atoms with E-state index in [4.69, 9.17) is 15.3 Å². The number of rotatable bonds is 4. The summed E-state index contributed by atoms with van der Waals surface area (Å²) in [6, 6.07) is 8.24. The summed E-state index contributed by atoms with van der Waals surface area (Å²) in [6.45, 7) is 0. The Morgan fingerprint density at radius 2 is 1.94 bits per heavy atom. The molecule has 2 rings (SSSR count). The van der Waals surface area contributed by atoms with Gasteiger partial charge in [-0.2, -0.15) is 0 Å². The fourth-order valence-corrected chi connectivity index (χ4v) is 1.56. The first-order valence-electron chi connectivity index (χ1n) is 5.39. The Balaban J connectivity index is 2.15. The zero-order chi connectivity index (χ0) is 13.1. The van der Waals surface area contributed by atoms with Crippen molar-refractivity contribution >= 4 is 5.97 Å². The van der Waals surface area contributed by atoms with Crippen LogP contribution < -0.4 is 5.73 Å². The molecular formula is C13H12FNO3. The number of benzene rings is 1. The van der Waals surface area contributed by atoms with Gasteiger partial charge in [0.2, 0.25) is 0 Å². The Kier molecular flexibility index (Phi) is 3.43. The molecule has 2 aromatic rings. The molecule has 94 valence electrons. The quantitative estimate of drug-likeness (QED) is 0.869. The van der Waals surface area contributed by atoms with E-state index in [-0.39, 0.29) is 12.2 Å². The highest BCUT2D eigenvalue weighted by molar-refractivity contribution is 5.73. The number of hydrogen-bond donors (Lipinski definition) is 2. The molecule has 0 bridgehead atoms. The summed E-state index contributed by atoms with van der Waals surface area (Å²) in [5.41, 5.74) is 6.14. The standard InChI is InChI=1S/C13H12FNO3/c14-9-3-1-8(2-4-9)12-6-5-10(18-12)7-11(15)13(16)17/h1-6,11H,7,15H2,(H,16,17). The third-order valence-corrected chi connectivity index (χ3v) is 2.53. The molecule has 0 spiro atoms. The largest absolute Gasteiger partial charge is 0.480 e. The van der Waals surface area contributed by atoms with Crippen molar-refractivity contribution in [1.82, 2.24) is 0 Å². The van der Waals surface area contributed by atoms with Crippen LogP contribution in [0.3, 0.4) is 0 Å². The highest BCUT2D eigenvalue weighted by atomic mass is 19.1. The summed E-state index contributed by atoms with van der Waals surface area (Å²) in [6.07, 6.45) is 0.122. The maximum atomic E-state index is 12.8. The van der Waals surface area contributed by atoms with E-state index in [1.54, 1.807) is 24.3 Å². The maximum absolute atomic E-state index is 12.8. The van der Waals surface area contributed by atoms with Crippen LogP contribution in [0.15, 0.2) is 40.8 Å². The van der Waals surface area contributed by atoms with Crippen molar-refractivity contribution in [2.45, 2.75) is 12.5 Å². The number of carboxylic acids is 1. The van der Waals surface area contributed by atoms with Gasteiger partial charge < -0.3 is 15.3 Å². The van der Waals surface area contributed by atoms with E-state index in [9.17, 15) is 9.18 Å². The number of carboxylic acid groups (broad SMARTS) is 1. The lowest BCUT2D eigenvalue weighted by molar-refractivity contribution is -0.138. The Morgan fingerprint density at radius 1 is 1.28 bits per heavy atom. The molecule has 1 aromatic heterocycles. The molecule has 0 aliphatic rings. The van der Waals surface area contributed by atoms with Gasteiger partial charge in [0.1, 0.15) is 23.4 Å². The first-order valence-corrected chi connectivity index (χ1v) is 5.39. The van der Waals surface area contributed by atoms with Crippen molar-refractivity contribution in [3.8, 4) is 11.3 Å². The lowest BCUT2D eigenvalue weighted by atomic mass is 10.2.